The second kappa shape index (κ2) is 6.32. The van der Waals surface area contributed by atoms with Crippen LogP contribution in [0.3, 0.4) is 0 Å². The number of anilines is 1. The third-order valence-corrected chi connectivity index (χ3v) is 4.27. The van der Waals surface area contributed by atoms with Crippen LogP contribution in [0.25, 0.3) is 0 Å². The molecule has 1 aromatic heterocycles. The van der Waals surface area contributed by atoms with Crippen LogP contribution < -0.4 is 5.32 Å². The van der Waals surface area contributed by atoms with Crippen LogP contribution in [-0.2, 0) is 16.3 Å². The van der Waals surface area contributed by atoms with E-state index in [1.165, 1.54) is 6.26 Å². The average molecular weight is 285 g/mol. The fourth-order valence-corrected chi connectivity index (χ4v) is 2.17. The zero-order valence-corrected chi connectivity index (χ0v) is 13.1. The first kappa shape index (κ1) is 15.9. The molecular weight excluding hydrogens is 262 g/mol. The minimum absolute atomic E-state index is 0.372. The Morgan fingerprint density at radius 3 is 2.37 bits per heavy atom. The van der Waals surface area contributed by atoms with E-state index in [9.17, 15) is 8.42 Å². The van der Waals surface area contributed by atoms with Crippen LogP contribution in [0.15, 0.2) is 6.07 Å². The van der Waals surface area contributed by atoms with Gasteiger partial charge in [0.15, 0.2) is 9.84 Å². The Hall–Kier alpha value is -1.17. The topological polar surface area (TPSA) is 72.0 Å². The van der Waals surface area contributed by atoms with E-state index in [1.54, 1.807) is 6.92 Å². The van der Waals surface area contributed by atoms with Gasteiger partial charge in [-0.05, 0) is 26.2 Å². The summed E-state index contributed by atoms with van der Waals surface area (Å²) >= 11 is 0. The van der Waals surface area contributed by atoms with Crippen LogP contribution in [0.2, 0.25) is 0 Å². The molecule has 0 radical (unpaired) electrons. The van der Waals surface area contributed by atoms with E-state index in [0.29, 0.717) is 17.6 Å². The molecule has 0 aliphatic rings. The number of aromatic nitrogens is 2. The highest BCUT2D eigenvalue weighted by atomic mass is 32.2. The Kier molecular flexibility index (Phi) is 5.29. The second-order valence-electron chi connectivity index (χ2n) is 5.20. The van der Waals surface area contributed by atoms with Crippen LogP contribution >= 0.6 is 0 Å². The van der Waals surface area contributed by atoms with Gasteiger partial charge in [-0.1, -0.05) is 13.8 Å². The normalized spacial score (nSPS) is 13.6. The molecule has 19 heavy (non-hydrogen) atoms. The van der Waals surface area contributed by atoms with Crippen LogP contribution in [0.4, 0.5) is 5.82 Å². The maximum Gasteiger partial charge on any atom is 0.157 e. The van der Waals surface area contributed by atoms with Gasteiger partial charge in [0.05, 0.1) is 0 Å². The summed E-state index contributed by atoms with van der Waals surface area (Å²) < 4.78 is 23.3. The van der Waals surface area contributed by atoms with Gasteiger partial charge in [-0.3, -0.25) is 0 Å². The molecule has 1 heterocycles. The zero-order chi connectivity index (χ0) is 14.6. The number of hydrogen-bond acceptors (Lipinski definition) is 5. The molecular formula is C13H23N3O2S. The summed E-state index contributed by atoms with van der Waals surface area (Å²) in [4.78, 5) is 8.69. The fourth-order valence-electron chi connectivity index (χ4n) is 1.69. The lowest BCUT2D eigenvalue weighted by Crippen LogP contribution is -2.15. The van der Waals surface area contributed by atoms with Gasteiger partial charge < -0.3 is 5.32 Å². The standard InChI is InChI=1S/C13H23N3O2S/c1-6-14-12-8-11(7-9(2)3)15-13(16-12)10(4)19(5,17)18/h8-10H,6-7H2,1-5H3,(H,14,15,16). The summed E-state index contributed by atoms with van der Waals surface area (Å²) in [5.41, 5.74) is 0.881. The van der Waals surface area contributed by atoms with Crippen molar-refractivity contribution < 1.29 is 8.42 Å². The lowest BCUT2D eigenvalue weighted by Gasteiger charge is -2.13. The summed E-state index contributed by atoms with van der Waals surface area (Å²) in [6.45, 7) is 8.55. The molecule has 0 fully saturated rings. The number of hydrogen-bond donors (Lipinski definition) is 1. The van der Waals surface area contributed by atoms with Gasteiger partial charge in [0.2, 0.25) is 0 Å². The molecule has 0 saturated carbocycles. The fraction of sp³-hybridized carbons (Fsp3) is 0.692. The predicted molar refractivity (Wildman–Crippen MR) is 78.0 cm³/mol. The van der Waals surface area contributed by atoms with E-state index in [2.05, 4.69) is 29.1 Å². The Balaban J connectivity index is 3.19. The number of nitrogens with zero attached hydrogens (tertiary/aromatic N) is 2. The first-order chi connectivity index (χ1) is 8.74. The average Bonchev–Trinajstić information content (AvgIpc) is 2.25. The molecule has 1 aromatic rings. The quantitative estimate of drug-likeness (QED) is 0.867. The molecule has 5 nitrogen and oxygen atoms in total. The van der Waals surface area contributed by atoms with Crippen LogP contribution in [0.5, 0.6) is 0 Å². The van der Waals surface area contributed by atoms with Crippen LogP contribution in [0, 0.1) is 5.92 Å². The summed E-state index contributed by atoms with van der Waals surface area (Å²) in [7, 11) is -3.19. The van der Waals surface area contributed by atoms with Crippen molar-refractivity contribution >= 4 is 15.7 Å². The molecule has 0 aliphatic carbocycles. The minimum atomic E-state index is -3.19. The van der Waals surface area contributed by atoms with Gasteiger partial charge in [0.25, 0.3) is 0 Å². The molecule has 0 spiro atoms. The number of nitrogens with one attached hydrogen (secondary N) is 1. The first-order valence-electron chi connectivity index (χ1n) is 6.54. The van der Waals surface area contributed by atoms with Crippen molar-refractivity contribution in [2.24, 2.45) is 5.92 Å². The molecule has 0 aromatic carbocycles. The van der Waals surface area contributed by atoms with E-state index in [1.807, 2.05) is 13.0 Å². The first-order valence-corrected chi connectivity index (χ1v) is 8.50. The van der Waals surface area contributed by atoms with Gasteiger partial charge in [0.1, 0.15) is 16.9 Å². The van der Waals surface area contributed by atoms with Crippen molar-refractivity contribution in [3.63, 3.8) is 0 Å². The summed E-state index contributed by atoms with van der Waals surface area (Å²) in [5.74, 6) is 1.53. The van der Waals surface area contributed by atoms with Gasteiger partial charge >= 0.3 is 0 Å². The second-order valence-corrected chi connectivity index (χ2v) is 7.57. The molecule has 1 N–H and O–H groups in total. The van der Waals surface area contributed by atoms with Crippen molar-refractivity contribution in [3.05, 3.63) is 17.6 Å². The van der Waals surface area contributed by atoms with Gasteiger partial charge in [-0.15, -0.1) is 0 Å². The van der Waals surface area contributed by atoms with Crippen molar-refractivity contribution in [3.8, 4) is 0 Å². The molecule has 1 atom stereocenters. The van der Waals surface area contributed by atoms with Crippen molar-refractivity contribution in [2.45, 2.75) is 39.4 Å². The molecule has 0 amide bonds. The lowest BCUT2D eigenvalue weighted by molar-refractivity contribution is 0.587. The van der Waals surface area contributed by atoms with Crippen LogP contribution in [0.1, 0.15) is 44.5 Å². The third kappa shape index (κ3) is 4.78. The summed E-state index contributed by atoms with van der Waals surface area (Å²) in [6.07, 6.45) is 2.02. The van der Waals surface area contributed by atoms with E-state index in [0.717, 1.165) is 18.7 Å². The van der Waals surface area contributed by atoms with Crippen LogP contribution in [-0.4, -0.2) is 31.2 Å². The molecule has 108 valence electrons. The van der Waals surface area contributed by atoms with Gasteiger partial charge in [0, 0.05) is 24.6 Å². The van der Waals surface area contributed by atoms with Crippen molar-refractivity contribution in [2.75, 3.05) is 18.1 Å². The molecule has 6 heteroatoms. The van der Waals surface area contributed by atoms with E-state index in [-0.39, 0.29) is 0 Å². The molecule has 1 rings (SSSR count). The monoisotopic (exact) mass is 285 g/mol. The third-order valence-electron chi connectivity index (χ3n) is 2.78. The SMILES string of the molecule is CCNc1cc(CC(C)C)nc(C(C)S(C)(=O)=O)n1. The van der Waals surface area contributed by atoms with E-state index in [4.69, 9.17) is 0 Å². The number of sulfone groups is 1. The highest BCUT2D eigenvalue weighted by Gasteiger charge is 2.21. The molecule has 0 bridgehead atoms. The lowest BCUT2D eigenvalue weighted by atomic mass is 10.1. The maximum atomic E-state index is 11.6. The maximum absolute atomic E-state index is 11.6. The Morgan fingerprint density at radius 1 is 1.26 bits per heavy atom. The van der Waals surface area contributed by atoms with E-state index < -0.39 is 15.1 Å². The molecule has 1 unspecified atom stereocenters. The Labute approximate surface area is 115 Å². The number of rotatable bonds is 6. The zero-order valence-electron chi connectivity index (χ0n) is 12.3. The smallest absolute Gasteiger partial charge is 0.157 e. The van der Waals surface area contributed by atoms with Gasteiger partial charge in [-0.25, -0.2) is 18.4 Å². The molecule has 0 saturated heterocycles. The Morgan fingerprint density at radius 2 is 1.89 bits per heavy atom. The van der Waals surface area contributed by atoms with E-state index >= 15 is 0 Å². The van der Waals surface area contributed by atoms with Gasteiger partial charge in [-0.2, -0.15) is 0 Å². The molecule has 0 aliphatic heterocycles. The highest BCUT2D eigenvalue weighted by Crippen LogP contribution is 2.20. The summed E-state index contributed by atoms with van der Waals surface area (Å²) in [5, 5.41) is 2.44. The largest absolute Gasteiger partial charge is 0.370 e. The highest BCUT2D eigenvalue weighted by molar-refractivity contribution is 7.90. The Bertz CT molecular complexity index is 527. The summed E-state index contributed by atoms with van der Waals surface area (Å²) in [6, 6.07) is 1.89. The van der Waals surface area contributed by atoms with Crippen molar-refractivity contribution in [1.29, 1.82) is 0 Å². The minimum Gasteiger partial charge on any atom is -0.370 e. The predicted octanol–water partition coefficient (Wildman–Crippen LogP) is 2.21. The van der Waals surface area contributed by atoms with Crippen molar-refractivity contribution in [1.82, 2.24) is 9.97 Å².